The maximum atomic E-state index is 10.4. The minimum absolute atomic E-state index is 0.0741. The molecule has 0 aliphatic heterocycles. The van der Waals surface area contributed by atoms with Crippen molar-refractivity contribution in [3.63, 3.8) is 0 Å². The summed E-state index contributed by atoms with van der Waals surface area (Å²) in [5.41, 5.74) is 5.98. The van der Waals surface area contributed by atoms with Crippen LogP contribution in [0.15, 0.2) is 64.0 Å². The second-order valence-electron chi connectivity index (χ2n) is 3.71. The highest BCUT2D eigenvalue weighted by molar-refractivity contribution is 9.10. The highest BCUT2D eigenvalue weighted by Gasteiger charge is 2.05. The van der Waals surface area contributed by atoms with E-state index in [2.05, 4.69) is 15.9 Å². The lowest BCUT2D eigenvalue weighted by Crippen LogP contribution is -2.10. The fraction of sp³-hybridized carbons (Fsp3) is 0. The zero-order valence-corrected chi connectivity index (χ0v) is 12.7. The predicted molar refractivity (Wildman–Crippen MR) is 81.4 cm³/mol. The molecule has 0 bridgehead atoms. The van der Waals surface area contributed by atoms with Crippen LogP contribution >= 0.6 is 15.9 Å². The summed E-state index contributed by atoms with van der Waals surface area (Å²) in [6, 6.07) is 14.7. The van der Waals surface area contributed by atoms with E-state index < -0.39 is 10.1 Å². The third-order valence-corrected chi connectivity index (χ3v) is 3.59. The van der Waals surface area contributed by atoms with Crippen LogP contribution in [0.4, 0.5) is 0 Å². The van der Waals surface area contributed by atoms with Gasteiger partial charge in [-0.25, -0.2) is 0 Å². The zero-order valence-electron chi connectivity index (χ0n) is 10.3. The maximum absolute atomic E-state index is 10.4. The molecule has 0 aromatic heterocycles. The summed E-state index contributed by atoms with van der Waals surface area (Å²) in [5.74, 6) is 0.104. The Hall–Kier alpha value is -1.70. The summed E-state index contributed by atoms with van der Waals surface area (Å²) in [6.45, 7) is 0. The molecule has 0 unspecified atom stereocenters. The van der Waals surface area contributed by atoms with Crippen molar-refractivity contribution in [3.8, 4) is 0 Å². The van der Waals surface area contributed by atoms with Gasteiger partial charge < -0.3 is 5.73 Å². The molecule has 2 aromatic carbocycles. The standard InChI is InChI=1S/C7H7BrN2.C6H6O3S/c8-6-3-1-5(2-4-6)7(9)10;7-10(8,9)6-4-2-1-3-5-6/h1-4H,(H3,9,10);1-5H,(H,7,8,9). The normalized spacial score (nSPS) is 10.3. The molecule has 0 spiro atoms. The Bertz CT molecular complexity index is 671. The molecule has 0 amide bonds. The van der Waals surface area contributed by atoms with E-state index in [-0.39, 0.29) is 10.7 Å². The molecule has 7 heteroatoms. The Morgan fingerprint density at radius 1 is 1.05 bits per heavy atom. The van der Waals surface area contributed by atoms with E-state index in [0.717, 1.165) is 10.0 Å². The molecule has 0 heterocycles. The molecular weight excluding hydrogens is 344 g/mol. The van der Waals surface area contributed by atoms with Gasteiger partial charge in [0.25, 0.3) is 10.1 Å². The van der Waals surface area contributed by atoms with Crippen molar-refractivity contribution in [2.45, 2.75) is 4.90 Å². The quantitative estimate of drug-likeness (QED) is 0.437. The second kappa shape index (κ2) is 7.18. The molecule has 0 radical (unpaired) electrons. The van der Waals surface area contributed by atoms with Crippen molar-refractivity contribution >= 4 is 31.9 Å². The minimum Gasteiger partial charge on any atom is -0.384 e. The van der Waals surface area contributed by atoms with Crippen LogP contribution in [0.2, 0.25) is 0 Å². The fourth-order valence-corrected chi connectivity index (χ4v) is 1.99. The van der Waals surface area contributed by atoms with Crippen LogP contribution in [0.3, 0.4) is 0 Å². The van der Waals surface area contributed by atoms with Crippen LogP contribution in [-0.4, -0.2) is 18.8 Å². The van der Waals surface area contributed by atoms with Gasteiger partial charge in [0.2, 0.25) is 0 Å². The number of halogens is 1. The van der Waals surface area contributed by atoms with E-state index in [0.29, 0.717) is 0 Å². The summed E-state index contributed by atoms with van der Waals surface area (Å²) in [7, 11) is -4.00. The summed E-state index contributed by atoms with van der Waals surface area (Å²) < 4.78 is 30.2. The first-order valence-corrected chi connectivity index (χ1v) is 7.66. The van der Waals surface area contributed by atoms with E-state index in [1.54, 1.807) is 30.3 Å². The monoisotopic (exact) mass is 356 g/mol. The van der Waals surface area contributed by atoms with Gasteiger partial charge in [-0.15, -0.1) is 0 Å². The first kappa shape index (κ1) is 16.4. The number of nitrogens with two attached hydrogens (primary N) is 1. The topological polar surface area (TPSA) is 104 Å². The Kier molecular flexibility index (Phi) is 5.87. The number of nitrogens with one attached hydrogen (secondary N) is 1. The Labute approximate surface area is 125 Å². The summed E-state index contributed by atoms with van der Waals surface area (Å²) in [5, 5.41) is 7.07. The molecule has 106 valence electrons. The number of amidine groups is 1. The van der Waals surface area contributed by atoms with Crippen molar-refractivity contribution in [2.75, 3.05) is 0 Å². The Morgan fingerprint density at radius 3 is 1.90 bits per heavy atom. The van der Waals surface area contributed by atoms with E-state index in [1.165, 1.54) is 12.1 Å². The Morgan fingerprint density at radius 2 is 1.55 bits per heavy atom. The average Bonchev–Trinajstić information content (AvgIpc) is 2.40. The van der Waals surface area contributed by atoms with Crippen LogP contribution < -0.4 is 5.73 Å². The number of hydrogen-bond acceptors (Lipinski definition) is 3. The van der Waals surface area contributed by atoms with E-state index >= 15 is 0 Å². The van der Waals surface area contributed by atoms with E-state index in [9.17, 15) is 8.42 Å². The lowest BCUT2D eigenvalue weighted by Gasteiger charge is -1.95. The third kappa shape index (κ3) is 5.52. The lowest BCUT2D eigenvalue weighted by molar-refractivity contribution is 0.483. The molecule has 0 aliphatic carbocycles. The zero-order chi connectivity index (χ0) is 15.2. The average molecular weight is 357 g/mol. The fourth-order valence-electron chi connectivity index (χ4n) is 1.22. The summed E-state index contributed by atoms with van der Waals surface area (Å²) >= 11 is 3.28. The predicted octanol–water partition coefficient (Wildman–Crippen LogP) is 2.67. The van der Waals surface area contributed by atoms with Crippen molar-refractivity contribution < 1.29 is 13.0 Å². The smallest absolute Gasteiger partial charge is 0.294 e. The third-order valence-electron chi connectivity index (χ3n) is 2.20. The van der Waals surface area contributed by atoms with E-state index in [4.69, 9.17) is 15.7 Å². The van der Waals surface area contributed by atoms with Gasteiger partial charge in [0.1, 0.15) is 5.84 Å². The number of rotatable bonds is 2. The van der Waals surface area contributed by atoms with Crippen LogP contribution in [0.1, 0.15) is 5.56 Å². The SMILES string of the molecule is N=C(N)c1ccc(Br)cc1.O=S(=O)(O)c1ccccc1. The van der Waals surface area contributed by atoms with Crippen LogP contribution in [-0.2, 0) is 10.1 Å². The summed E-state index contributed by atoms with van der Waals surface area (Å²) in [6.07, 6.45) is 0. The lowest BCUT2D eigenvalue weighted by atomic mass is 10.2. The van der Waals surface area contributed by atoms with Gasteiger partial charge in [0, 0.05) is 10.0 Å². The molecule has 2 aromatic rings. The van der Waals surface area contributed by atoms with Crippen molar-refractivity contribution in [1.29, 1.82) is 5.41 Å². The van der Waals surface area contributed by atoms with Gasteiger partial charge in [0.15, 0.2) is 0 Å². The van der Waals surface area contributed by atoms with Crippen molar-refractivity contribution in [3.05, 3.63) is 64.6 Å². The molecule has 0 aliphatic rings. The van der Waals surface area contributed by atoms with Crippen molar-refractivity contribution in [2.24, 2.45) is 5.73 Å². The highest BCUT2D eigenvalue weighted by atomic mass is 79.9. The largest absolute Gasteiger partial charge is 0.384 e. The van der Waals surface area contributed by atoms with Crippen LogP contribution in [0.25, 0.3) is 0 Å². The molecule has 0 saturated carbocycles. The van der Waals surface area contributed by atoms with Gasteiger partial charge in [-0.05, 0) is 24.3 Å². The van der Waals surface area contributed by atoms with Crippen LogP contribution in [0, 0.1) is 5.41 Å². The van der Waals surface area contributed by atoms with Crippen molar-refractivity contribution in [1.82, 2.24) is 0 Å². The van der Waals surface area contributed by atoms with Gasteiger partial charge in [-0.3, -0.25) is 9.96 Å². The maximum Gasteiger partial charge on any atom is 0.294 e. The molecule has 0 atom stereocenters. The molecule has 2 rings (SSSR count). The molecule has 5 nitrogen and oxygen atoms in total. The Balaban J connectivity index is 0.000000200. The van der Waals surface area contributed by atoms with Gasteiger partial charge >= 0.3 is 0 Å². The molecule has 0 saturated heterocycles. The number of benzene rings is 2. The van der Waals surface area contributed by atoms with E-state index in [1.807, 2.05) is 12.1 Å². The summed E-state index contributed by atoms with van der Waals surface area (Å²) in [4.78, 5) is -0.0741. The van der Waals surface area contributed by atoms with Gasteiger partial charge in [-0.1, -0.05) is 46.3 Å². The molecule has 0 fully saturated rings. The molecule has 4 N–H and O–H groups in total. The first-order chi connectivity index (χ1) is 9.30. The van der Waals surface area contributed by atoms with Gasteiger partial charge in [0.05, 0.1) is 4.90 Å². The first-order valence-electron chi connectivity index (χ1n) is 5.43. The number of nitrogen functional groups attached to an aromatic ring is 1. The minimum atomic E-state index is -4.00. The second-order valence-corrected chi connectivity index (χ2v) is 6.05. The van der Waals surface area contributed by atoms with Gasteiger partial charge in [-0.2, -0.15) is 8.42 Å². The molecular formula is C13H13BrN2O3S. The highest BCUT2D eigenvalue weighted by Crippen LogP contribution is 2.09. The molecule has 20 heavy (non-hydrogen) atoms. The van der Waals surface area contributed by atoms with Crippen LogP contribution in [0.5, 0.6) is 0 Å². The number of hydrogen-bond donors (Lipinski definition) is 3.